The molecule has 1 saturated heterocycles. The molecule has 136 valence electrons. The highest BCUT2D eigenvalue weighted by Gasteiger charge is 2.61. The third kappa shape index (κ3) is 2.74. The van der Waals surface area contributed by atoms with E-state index in [4.69, 9.17) is 9.73 Å². The lowest BCUT2D eigenvalue weighted by molar-refractivity contribution is -0.129. The van der Waals surface area contributed by atoms with Crippen LogP contribution < -0.4 is 4.80 Å². The molecule has 0 N–H and O–H groups in total. The monoisotopic (exact) mass is 360 g/mol. The normalized spacial score (nSPS) is 40.1. The molecule has 4 saturated carbocycles. The zero-order valence-electron chi connectivity index (χ0n) is 15.1. The summed E-state index contributed by atoms with van der Waals surface area (Å²) < 4.78 is 8.07. The molecule has 2 heterocycles. The molecule has 0 spiro atoms. The molecule has 1 aliphatic heterocycles. The van der Waals surface area contributed by atoms with Gasteiger partial charge in [0.2, 0.25) is 0 Å². The Labute approximate surface area is 153 Å². The molecule has 3 unspecified atom stereocenters. The summed E-state index contributed by atoms with van der Waals surface area (Å²) in [6.45, 7) is 3.80. The van der Waals surface area contributed by atoms with Gasteiger partial charge in [0, 0.05) is 17.7 Å². The van der Waals surface area contributed by atoms with Crippen molar-refractivity contribution in [3.8, 4) is 0 Å². The maximum absolute atomic E-state index is 13.2. The fourth-order valence-corrected chi connectivity index (χ4v) is 7.08. The Kier molecular flexibility index (Phi) is 3.93. The van der Waals surface area contributed by atoms with Gasteiger partial charge in [-0.05, 0) is 76.0 Å². The molecule has 5 fully saturated rings. The number of aromatic nitrogens is 1. The van der Waals surface area contributed by atoms with E-state index in [0.717, 1.165) is 49.1 Å². The summed E-state index contributed by atoms with van der Waals surface area (Å²) in [5, 5.41) is 0. The Bertz CT molecular complexity index is 729. The minimum absolute atomic E-state index is 0.107. The van der Waals surface area contributed by atoms with E-state index in [2.05, 4.69) is 17.7 Å². The van der Waals surface area contributed by atoms with E-state index in [-0.39, 0.29) is 17.4 Å². The van der Waals surface area contributed by atoms with Crippen LogP contribution in [0.15, 0.2) is 11.2 Å². The Hall–Kier alpha value is -0.940. The lowest BCUT2D eigenvalue weighted by Crippen LogP contribution is -2.34. The Morgan fingerprint density at radius 3 is 2.84 bits per heavy atom. The van der Waals surface area contributed by atoms with Gasteiger partial charge in [-0.15, -0.1) is 11.3 Å². The van der Waals surface area contributed by atoms with E-state index in [1.165, 1.54) is 37.0 Å². The van der Waals surface area contributed by atoms with Gasteiger partial charge in [-0.1, -0.05) is 0 Å². The van der Waals surface area contributed by atoms with Crippen LogP contribution in [0.1, 0.15) is 56.2 Å². The highest BCUT2D eigenvalue weighted by atomic mass is 32.1. The van der Waals surface area contributed by atoms with Crippen molar-refractivity contribution in [3.63, 3.8) is 0 Å². The number of aryl methyl sites for hydroxylation is 1. The van der Waals surface area contributed by atoms with Crippen molar-refractivity contribution in [3.05, 3.63) is 15.9 Å². The number of thiazole rings is 1. The lowest BCUT2D eigenvalue weighted by atomic mass is 9.75. The molecule has 25 heavy (non-hydrogen) atoms. The second-order valence-corrected chi connectivity index (χ2v) is 10.1. The number of amides is 1. The Balaban J connectivity index is 1.42. The number of carbonyl (C=O) groups is 1. The minimum atomic E-state index is -0.107. The SMILES string of the molecule is Cc1cn(CC2CCCCO2)c(=NC(=O)C23CC4CC(CC2C4)C3)s1. The van der Waals surface area contributed by atoms with Crippen molar-refractivity contribution < 1.29 is 9.53 Å². The second kappa shape index (κ2) is 6.05. The van der Waals surface area contributed by atoms with Crippen molar-refractivity contribution in [2.24, 2.45) is 28.2 Å². The van der Waals surface area contributed by atoms with Crippen LogP contribution in [0.2, 0.25) is 0 Å². The highest BCUT2D eigenvalue weighted by Crippen LogP contribution is 2.65. The van der Waals surface area contributed by atoms with Crippen molar-refractivity contribution in [1.82, 2.24) is 4.57 Å². The van der Waals surface area contributed by atoms with Crippen LogP contribution in [0.3, 0.4) is 0 Å². The first-order chi connectivity index (χ1) is 12.1. The average Bonchev–Trinajstić information content (AvgIpc) is 3.15. The van der Waals surface area contributed by atoms with Crippen LogP contribution in [0.4, 0.5) is 0 Å². The summed E-state index contributed by atoms with van der Waals surface area (Å²) in [4.78, 5) is 20.0. The quantitative estimate of drug-likeness (QED) is 0.825. The second-order valence-electron chi connectivity index (χ2n) is 8.88. The predicted octanol–water partition coefficient (Wildman–Crippen LogP) is 3.68. The highest BCUT2D eigenvalue weighted by molar-refractivity contribution is 7.09. The van der Waals surface area contributed by atoms with Crippen LogP contribution in [-0.4, -0.2) is 23.2 Å². The van der Waals surface area contributed by atoms with Gasteiger partial charge in [-0.3, -0.25) is 4.79 Å². The van der Waals surface area contributed by atoms with Gasteiger partial charge in [0.1, 0.15) is 0 Å². The first-order valence-corrected chi connectivity index (χ1v) is 10.8. The van der Waals surface area contributed by atoms with Gasteiger partial charge >= 0.3 is 0 Å². The number of hydrogen-bond acceptors (Lipinski definition) is 3. The molecule has 4 aliphatic carbocycles. The van der Waals surface area contributed by atoms with E-state index in [9.17, 15) is 4.79 Å². The van der Waals surface area contributed by atoms with Crippen molar-refractivity contribution >= 4 is 17.2 Å². The zero-order valence-corrected chi connectivity index (χ0v) is 15.9. The summed E-state index contributed by atoms with van der Waals surface area (Å²) in [5.41, 5.74) is -0.107. The Morgan fingerprint density at radius 2 is 2.12 bits per heavy atom. The molecular formula is C20H28N2O2S. The van der Waals surface area contributed by atoms with Crippen LogP contribution >= 0.6 is 11.3 Å². The van der Waals surface area contributed by atoms with Gasteiger partial charge in [-0.25, -0.2) is 0 Å². The van der Waals surface area contributed by atoms with Crippen LogP contribution in [0.25, 0.3) is 0 Å². The molecule has 1 aromatic rings. The third-order valence-corrected chi connectivity index (χ3v) is 8.06. The molecule has 4 bridgehead atoms. The molecular weight excluding hydrogens is 332 g/mol. The van der Waals surface area contributed by atoms with Crippen LogP contribution in [0, 0.1) is 30.1 Å². The van der Waals surface area contributed by atoms with Gasteiger partial charge in [0.15, 0.2) is 4.80 Å². The predicted molar refractivity (Wildman–Crippen MR) is 97.2 cm³/mol. The minimum Gasteiger partial charge on any atom is -0.376 e. The van der Waals surface area contributed by atoms with Gasteiger partial charge in [-0.2, -0.15) is 4.99 Å². The number of carbonyl (C=O) groups excluding carboxylic acids is 1. The largest absolute Gasteiger partial charge is 0.376 e. The van der Waals surface area contributed by atoms with Crippen molar-refractivity contribution in [2.75, 3.05) is 6.61 Å². The summed E-state index contributed by atoms with van der Waals surface area (Å²) in [5.74, 6) is 2.39. The fourth-order valence-electron chi connectivity index (χ4n) is 6.24. The van der Waals surface area contributed by atoms with E-state index >= 15 is 0 Å². The zero-order chi connectivity index (χ0) is 17.0. The standard InChI is InChI=1S/C20H28N2O2S/c1-13-11-22(12-17-4-2-3-5-24-17)19(25-13)21-18(23)20-9-14-6-15(10-20)8-16(20)7-14/h11,14-17H,2-10,12H2,1H3. The third-order valence-electron chi connectivity index (χ3n) is 7.12. The topological polar surface area (TPSA) is 43.6 Å². The van der Waals surface area contributed by atoms with Crippen LogP contribution in [0.5, 0.6) is 0 Å². The van der Waals surface area contributed by atoms with Gasteiger partial charge in [0.05, 0.1) is 18.1 Å². The maximum atomic E-state index is 13.2. The number of rotatable bonds is 3. The number of hydrogen-bond donors (Lipinski definition) is 0. The smallest absolute Gasteiger partial charge is 0.254 e. The van der Waals surface area contributed by atoms with E-state index in [0.29, 0.717) is 5.92 Å². The molecule has 0 aromatic carbocycles. The van der Waals surface area contributed by atoms with Crippen LogP contribution in [-0.2, 0) is 16.1 Å². The lowest BCUT2D eigenvalue weighted by Gasteiger charge is -2.29. The summed E-state index contributed by atoms with van der Waals surface area (Å²) in [7, 11) is 0. The molecule has 1 amide bonds. The molecule has 1 aromatic heterocycles. The molecule has 0 radical (unpaired) electrons. The van der Waals surface area contributed by atoms with E-state index < -0.39 is 0 Å². The van der Waals surface area contributed by atoms with E-state index in [1.54, 1.807) is 11.3 Å². The van der Waals surface area contributed by atoms with Gasteiger partial charge in [0.25, 0.3) is 5.91 Å². The summed E-state index contributed by atoms with van der Waals surface area (Å²) in [6.07, 6.45) is 12.1. The first kappa shape index (κ1) is 16.2. The Morgan fingerprint density at radius 1 is 1.32 bits per heavy atom. The van der Waals surface area contributed by atoms with Crippen molar-refractivity contribution in [1.29, 1.82) is 0 Å². The first-order valence-electron chi connectivity index (χ1n) is 10.00. The maximum Gasteiger partial charge on any atom is 0.254 e. The number of nitrogens with zero attached hydrogens (tertiary/aromatic N) is 2. The number of ether oxygens (including phenoxy) is 1. The van der Waals surface area contributed by atoms with E-state index in [1.807, 2.05) is 0 Å². The molecule has 3 atom stereocenters. The molecule has 6 rings (SSSR count). The summed E-state index contributed by atoms with van der Waals surface area (Å²) in [6, 6.07) is 0. The average molecular weight is 361 g/mol. The molecule has 5 heteroatoms. The fraction of sp³-hybridized carbons (Fsp3) is 0.800. The summed E-state index contributed by atoms with van der Waals surface area (Å²) >= 11 is 1.65. The van der Waals surface area contributed by atoms with Crippen molar-refractivity contribution in [2.45, 2.75) is 70.9 Å². The molecule has 4 nitrogen and oxygen atoms in total. The molecule has 5 aliphatic rings. The van der Waals surface area contributed by atoms with Gasteiger partial charge < -0.3 is 9.30 Å².